The molecule has 0 bridgehead atoms. The molecule has 0 aliphatic rings. The van der Waals surface area contributed by atoms with Gasteiger partial charge in [-0.3, -0.25) is 0 Å². The number of alkyl halides is 3. The van der Waals surface area contributed by atoms with Crippen molar-refractivity contribution in [3.63, 3.8) is 0 Å². The monoisotopic (exact) mass is 298 g/mol. The smallest absolute Gasteiger partial charge is 0.384 e. The standard InChI is InChI=1S/C15H29F3O2/c1-2-12-20-13-10-8-6-4-3-5-7-9-11-14(19)15(16,17)18/h14,19H,2-13H2,1H3. The van der Waals surface area contributed by atoms with Gasteiger partial charge in [-0.25, -0.2) is 0 Å². The maximum atomic E-state index is 12.0. The van der Waals surface area contributed by atoms with Crippen molar-refractivity contribution >= 4 is 0 Å². The number of hydrogen-bond donors (Lipinski definition) is 1. The largest absolute Gasteiger partial charge is 0.414 e. The van der Waals surface area contributed by atoms with Crippen molar-refractivity contribution in [3.05, 3.63) is 0 Å². The third kappa shape index (κ3) is 12.7. The van der Waals surface area contributed by atoms with Crippen LogP contribution in [0.1, 0.15) is 71.1 Å². The van der Waals surface area contributed by atoms with E-state index in [1.165, 1.54) is 6.42 Å². The molecule has 0 aromatic carbocycles. The molecule has 0 heterocycles. The number of rotatable bonds is 13. The molecule has 0 fully saturated rings. The van der Waals surface area contributed by atoms with Crippen LogP contribution in [0.25, 0.3) is 0 Å². The average molecular weight is 298 g/mol. The molecule has 1 atom stereocenters. The molecule has 0 radical (unpaired) electrons. The Morgan fingerprint density at radius 3 is 1.85 bits per heavy atom. The summed E-state index contributed by atoms with van der Waals surface area (Å²) in [5.74, 6) is 0. The van der Waals surface area contributed by atoms with Crippen LogP contribution in [0.15, 0.2) is 0 Å². The third-order valence-corrected chi connectivity index (χ3v) is 3.24. The first-order chi connectivity index (χ1) is 9.48. The van der Waals surface area contributed by atoms with E-state index in [0.29, 0.717) is 6.42 Å². The van der Waals surface area contributed by atoms with Gasteiger partial charge in [-0.1, -0.05) is 51.9 Å². The molecule has 1 unspecified atom stereocenters. The van der Waals surface area contributed by atoms with Crippen molar-refractivity contribution < 1.29 is 23.0 Å². The van der Waals surface area contributed by atoms with E-state index >= 15 is 0 Å². The molecule has 0 rings (SSSR count). The zero-order valence-electron chi connectivity index (χ0n) is 12.6. The second-order valence-corrected chi connectivity index (χ2v) is 5.29. The molecule has 0 aliphatic heterocycles. The Balaban J connectivity index is 3.14. The Morgan fingerprint density at radius 1 is 0.850 bits per heavy atom. The van der Waals surface area contributed by atoms with Crippen LogP contribution in [0.4, 0.5) is 13.2 Å². The van der Waals surface area contributed by atoms with Gasteiger partial charge in [-0.2, -0.15) is 13.2 Å². The van der Waals surface area contributed by atoms with Gasteiger partial charge in [0.25, 0.3) is 0 Å². The van der Waals surface area contributed by atoms with Crippen LogP contribution >= 0.6 is 0 Å². The maximum Gasteiger partial charge on any atom is 0.414 e. The van der Waals surface area contributed by atoms with E-state index in [1.807, 2.05) is 0 Å². The minimum absolute atomic E-state index is 0.168. The first kappa shape index (κ1) is 19.7. The van der Waals surface area contributed by atoms with Crippen LogP contribution in [0.3, 0.4) is 0 Å². The molecule has 20 heavy (non-hydrogen) atoms. The summed E-state index contributed by atoms with van der Waals surface area (Å²) in [6, 6.07) is 0. The Hall–Kier alpha value is -0.290. The highest BCUT2D eigenvalue weighted by atomic mass is 19.4. The topological polar surface area (TPSA) is 29.5 Å². The number of halogens is 3. The molecule has 2 nitrogen and oxygen atoms in total. The summed E-state index contributed by atoms with van der Waals surface area (Å²) >= 11 is 0. The predicted octanol–water partition coefficient (Wildman–Crippen LogP) is 4.85. The zero-order valence-corrected chi connectivity index (χ0v) is 12.6. The van der Waals surface area contributed by atoms with Crippen molar-refractivity contribution in [2.75, 3.05) is 13.2 Å². The summed E-state index contributed by atoms with van der Waals surface area (Å²) in [5.41, 5.74) is 0. The SMILES string of the molecule is CCCOCCCCCCCCCCC(O)C(F)(F)F. The Kier molecular flexibility index (Phi) is 12.3. The Morgan fingerprint density at radius 2 is 1.35 bits per heavy atom. The predicted molar refractivity (Wildman–Crippen MR) is 74.7 cm³/mol. The Labute approximate surface area is 120 Å². The molecule has 0 aromatic rings. The number of aliphatic hydroxyl groups is 1. The van der Waals surface area contributed by atoms with Crippen molar-refractivity contribution in [3.8, 4) is 0 Å². The molecule has 0 aliphatic carbocycles. The summed E-state index contributed by atoms with van der Waals surface area (Å²) in [6.45, 7) is 3.76. The van der Waals surface area contributed by atoms with Crippen LogP contribution in [0, 0.1) is 0 Å². The number of aliphatic hydroxyl groups excluding tert-OH is 1. The summed E-state index contributed by atoms with van der Waals surface area (Å²) in [6.07, 6.45) is 2.09. The second-order valence-electron chi connectivity index (χ2n) is 5.29. The van der Waals surface area contributed by atoms with Gasteiger partial charge in [0, 0.05) is 13.2 Å². The van der Waals surface area contributed by atoms with E-state index in [9.17, 15) is 13.2 Å². The van der Waals surface area contributed by atoms with Crippen LogP contribution in [-0.4, -0.2) is 30.6 Å². The van der Waals surface area contributed by atoms with Crippen molar-refractivity contribution in [2.45, 2.75) is 83.4 Å². The van der Waals surface area contributed by atoms with Crippen molar-refractivity contribution in [1.82, 2.24) is 0 Å². The van der Waals surface area contributed by atoms with Crippen LogP contribution in [0.2, 0.25) is 0 Å². The van der Waals surface area contributed by atoms with Crippen LogP contribution in [0.5, 0.6) is 0 Å². The van der Waals surface area contributed by atoms with E-state index in [1.54, 1.807) is 0 Å². The molecule has 0 saturated heterocycles. The highest BCUT2D eigenvalue weighted by molar-refractivity contribution is 4.64. The van der Waals surface area contributed by atoms with Gasteiger partial charge in [0.15, 0.2) is 0 Å². The van der Waals surface area contributed by atoms with Crippen LogP contribution in [-0.2, 0) is 4.74 Å². The fourth-order valence-electron chi connectivity index (χ4n) is 2.01. The molecule has 0 amide bonds. The third-order valence-electron chi connectivity index (χ3n) is 3.24. The molecule has 1 N–H and O–H groups in total. The summed E-state index contributed by atoms with van der Waals surface area (Å²) in [4.78, 5) is 0. The van der Waals surface area contributed by atoms with Crippen molar-refractivity contribution in [2.24, 2.45) is 0 Å². The van der Waals surface area contributed by atoms with Gasteiger partial charge in [0.2, 0.25) is 0 Å². The molecule has 0 saturated carbocycles. The molecule has 0 aromatic heterocycles. The number of unbranched alkanes of at least 4 members (excludes halogenated alkanes) is 7. The van der Waals surface area contributed by atoms with Gasteiger partial charge >= 0.3 is 6.18 Å². The van der Waals surface area contributed by atoms with Gasteiger partial charge in [-0.05, 0) is 19.3 Å². The molecular formula is C15H29F3O2. The quantitative estimate of drug-likeness (QED) is 0.493. The fourth-order valence-corrected chi connectivity index (χ4v) is 2.01. The fraction of sp³-hybridized carbons (Fsp3) is 1.00. The first-order valence-corrected chi connectivity index (χ1v) is 7.81. The lowest BCUT2D eigenvalue weighted by molar-refractivity contribution is -0.205. The minimum Gasteiger partial charge on any atom is -0.384 e. The highest BCUT2D eigenvalue weighted by Crippen LogP contribution is 2.24. The molecule has 0 spiro atoms. The lowest BCUT2D eigenvalue weighted by Crippen LogP contribution is -2.28. The first-order valence-electron chi connectivity index (χ1n) is 7.81. The average Bonchev–Trinajstić information content (AvgIpc) is 2.38. The minimum atomic E-state index is -4.46. The highest BCUT2D eigenvalue weighted by Gasteiger charge is 2.37. The second kappa shape index (κ2) is 12.5. The van der Waals surface area contributed by atoms with Gasteiger partial charge < -0.3 is 9.84 Å². The van der Waals surface area contributed by atoms with Gasteiger partial charge in [-0.15, -0.1) is 0 Å². The van der Waals surface area contributed by atoms with E-state index < -0.39 is 12.3 Å². The number of ether oxygens (including phenoxy) is 1. The van der Waals surface area contributed by atoms with E-state index in [4.69, 9.17) is 9.84 Å². The Bertz CT molecular complexity index is 208. The zero-order chi connectivity index (χ0) is 15.3. The lowest BCUT2D eigenvalue weighted by Gasteiger charge is -2.13. The van der Waals surface area contributed by atoms with E-state index in [2.05, 4.69) is 6.92 Å². The molecule has 5 heteroatoms. The number of hydrogen-bond acceptors (Lipinski definition) is 2. The van der Waals surface area contributed by atoms with E-state index in [0.717, 1.165) is 58.2 Å². The maximum absolute atomic E-state index is 12.0. The van der Waals surface area contributed by atoms with Gasteiger partial charge in [0.1, 0.15) is 6.10 Å². The summed E-state index contributed by atoms with van der Waals surface area (Å²) in [7, 11) is 0. The molecular weight excluding hydrogens is 269 g/mol. The normalized spacial score (nSPS) is 13.7. The van der Waals surface area contributed by atoms with Gasteiger partial charge in [0.05, 0.1) is 0 Å². The van der Waals surface area contributed by atoms with Crippen molar-refractivity contribution in [1.29, 1.82) is 0 Å². The summed E-state index contributed by atoms with van der Waals surface area (Å²) < 4.78 is 41.4. The summed E-state index contributed by atoms with van der Waals surface area (Å²) in [5, 5.41) is 8.81. The van der Waals surface area contributed by atoms with Crippen LogP contribution < -0.4 is 0 Å². The lowest BCUT2D eigenvalue weighted by atomic mass is 10.1. The van der Waals surface area contributed by atoms with E-state index in [-0.39, 0.29) is 6.42 Å². The molecule has 122 valence electrons.